The SMILES string of the molecule is CCC(Oc1ccccc1C)C(=O)N1CC(C)CC(C(=O)O)C1. The molecule has 1 aliphatic heterocycles. The molecule has 2 rings (SSSR count). The Bertz CT molecular complexity index is 572. The molecule has 0 bridgehead atoms. The highest BCUT2D eigenvalue weighted by molar-refractivity contribution is 5.82. The largest absolute Gasteiger partial charge is 0.481 e. The number of piperidine rings is 1. The smallest absolute Gasteiger partial charge is 0.308 e. The number of likely N-dealkylation sites (tertiary alicyclic amines) is 1. The summed E-state index contributed by atoms with van der Waals surface area (Å²) >= 11 is 0. The standard InChI is InChI=1S/C18H25NO4/c1-4-15(23-16-8-6-5-7-13(16)3)17(20)19-10-12(2)9-14(11-19)18(21)22/h5-8,12,14-15H,4,9-11H2,1-3H3,(H,21,22). The van der Waals surface area contributed by atoms with Gasteiger partial charge in [0.1, 0.15) is 5.75 Å². The van der Waals surface area contributed by atoms with Gasteiger partial charge in [-0.25, -0.2) is 0 Å². The first kappa shape index (κ1) is 17.3. The predicted octanol–water partition coefficient (Wildman–Crippen LogP) is 2.72. The molecule has 23 heavy (non-hydrogen) atoms. The van der Waals surface area contributed by atoms with E-state index in [1.807, 2.05) is 45.0 Å². The van der Waals surface area contributed by atoms with Crippen LogP contribution in [0.25, 0.3) is 0 Å². The van der Waals surface area contributed by atoms with E-state index in [-0.39, 0.29) is 18.4 Å². The normalized spacial score (nSPS) is 22.5. The van der Waals surface area contributed by atoms with Gasteiger partial charge in [0, 0.05) is 13.1 Å². The molecule has 126 valence electrons. The van der Waals surface area contributed by atoms with Gasteiger partial charge in [-0.05, 0) is 37.3 Å². The molecular weight excluding hydrogens is 294 g/mol. The van der Waals surface area contributed by atoms with Crippen molar-refractivity contribution < 1.29 is 19.4 Å². The number of carboxylic acid groups (broad SMARTS) is 1. The Kier molecular flexibility index (Phi) is 5.64. The average molecular weight is 319 g/mol. The zero-order valence-corrected chi connectivity index (χ0v) is 14.0. The van der Waals surface area contributed by atoms with Crippen LogP contribution in [0.4, 0.5) is 0 Å². The van der Waals surface area contributed by atoms with Crippen molar-refractivity contribution >= 4 is 11.9 Å². The Hall–Kier alpha value is -2.04. The quantitative estimate of drug-likeness (QED) is 0.906. The van der Waals surface area contributed by atoms with Gasteiger partial charge in [-0.2, -0.15) is 0 Å². The molecule has 0 saturated carbocycles. The van der Waals surface area contributed by atoms with Gasteiger partial charge in [-0.15, -0.1) is 0 Å². The molecule has 3 atom stereocenters. The molecular formula is C18H25NO4. The fraction of sp³-hybridized carbons (Fsp3) is 0.556. The Balaban J connectivity index is 2.10. The van der Waals surface area contributed by atoms with Crippen molar-refractivity contribution in [1.29, 1.82) is 0 Å². The van der Waals surface area contributed by atoms with Crippen molar-refractivity contribution in [3.63, 3.8) is 0 Å². The lowest BCUT2D eigenvalue weighted by atomic mass is 9.90. The third-order valence-electron chi connectivity index (χ3n) is 4.33. The fourth-order valence-electron chi connectivity index (χ4n) is 3.06. The molecule has 5 nitrogen and oxygen atoms in total. The zero-order chi connectivity index (χ0) is 17.0. The number of aryl methyl sites for hydroxylation is 1. The first-order chi connectivity index (χ1) is 10.9. The van der Waals surface area contributed by atoms with Gasteiger partial charge in [0.25, 0.3) is 5.91 Å². The zero-order valence-electron chi connectivity index (χ0n) is 14.0. The van der Waals surface area contributed by atoms with Gasteiger partial charge in [0.15, 0.2) is 6.10 Å². The van der Waals surface area contributed by atoms with E-state index in [2.05, 4.69) is 0 Å². The van der Waals surface area contributed by atoms with Crippen molar-refractivity contribution in [1.82, 2.24) is 4.90 Å². The molecule has 1 aromatic rings. The van der Waals surface area contributed by atoms with Crippen LogP contribution in [0.5, 0.6) is 5.75 Å². The van der Waals surface area contributed by atoms with Gasteiger partial charge in [-0.1, -0.05) is 32.0 Å². The second-order valence-electron chi connectivity index (χ2n) is 6.40. The number of benzene rings is 1. The Morgan fingerprint density at radius 3 is 2.65 bits per heavy atom. The van der Waals surface area contributed by atoms with Crippen molar-refractivity contribution in [2.24, 2.45) is 11.8 Å². The van der Waals surface area contributed by atoms with E-state index in [0.717, 1.165) is 5.56 Å². The van der Waals surface area contributed by atoms with Crippen molar-refractivity contribution in [2.75, 3.05) is 13.1 Å². The molecule has 1 heterocycles. The van der Waals surface area contributed by atoms with Crippen molar-refractivity contribution in [3.8, 4) is 5.75 Å². The monoisotopic (exact) mass is 319 g/mol. The number of amides is 1. The highest BCUT2D eigenvalue weighted by atomic mass is 16.5. The number of nitrogens with zero attached hydrogens (tertiary/aromatic N) is 1. The third kappa shape index (κ3) is 4.24. The van der Waals surface area contributed by atoms with Gasteiger partial charge in [0.05, 0.1) is 5.92 Å². The Morgan fingerprint density at radius 2 is 2.04 bits per heavy atom. The summed E-state index contributed by atoms with van der Waals surface area (Å²) in [5.74, 6) is -0.549. The summed E-state index contributed by atoms with van der Waals surface area (Å²) < 4.78 is 5.90. The maximum absolute atomic E-state index is 12.8. The third-order valence-corrected chi connectivity index (χ3v) is 4.33. The summed E-state index contributed by atoms with van der Waals surface area (Å²) in [5.41, 5.74) is 0.981. The van der Waals surface area contributed by atoms with Gasteiger partial charge < -0.3 is 14.7 Å². The van der Waals surface area contributed by atoms with E-state index < -0.39 is 18.0 Å². The van der Waals surface area contributed by atoms with Crippen LogP contribution in [0, 0.1) is 18.8 Å². The van der Waals surface area contributed by atoms with E-state index >= 15 is 0 Å². The lowest BCUT2D eigenvalue weighted by Gasteiger charge is -2.36. The molecule has 0 radical (unpaired) electrons. The molecule has 1 amide bonds. The number of ether oxygens (including phenoxy) is 1. The van der Waals surface area contributed by atoms with E-state index in [1.165, 1.54) is 0 Å². The van der Waals surface area contributed by atoms with E-state index in [1.54, 1.807) is 4.90 Å². The average Bonchev–Trinajstić information content (AvgIpc) is 2.53. The molecule has 5 heteroatoms. The van der Waals surface area contributed by atoms with Crippen LogP contribution in [-0.2, 0) is 9.59 Å². The van der Waals surface area contributed by atoms with Crippen LogP contribution in [-0.4, -0.2) is 41.1 Å². The number of aliphatic carboxylic acids is 1. The molecule has 1 fully saturated rings. The van der Waals surface area contributed by atoms with E-state index in [4.69, 9.17) is 4.74 Å². The Morgan fingerprint density at radius 1 is 1.35 bits per heavy atom. The summed E-state index contributed by atoms with van der Waals surface area (Å²) in [6, 6.07) is 7.60. The van der Waals surface area contributed by atoms with Crippen molar-refractivity contribution in [2.45, 2.75) is 39.7 Å². The molecule has 1 saturated heterocycles. The van der Waals surface area contributed by atoms with Crippen LogP contribution >= 0.6 is 0 Å². The van der Waals surface area contributed by atoms with Gasteiger partial charge >= 0.3 is 5.97 Å². The summed E-state index contributed by atoms with van der Waals surface area (Å²) in [6.07, 6.45) is 0.598. The molecule has 0 aliphatic carbocycles. The van der Waals surface area contributed by atoms with Gasteiger partial charge in [-0.3, -0.25) is 9.59 Å². The minimum atomic E-state index is -0.831. The van der Waals surface area contributed by atoms with Gasteiger partial charge in [0.2, 0.25) is 0 Å². The molecule has 3 unspecified atom stereocenters. The molecule has 1 N–H and O–H groups in total. The number of carboxylic acids is 1. The fourth-order valence-corrected chi connectivity index (χ4v) is 3.06. The minimum absolute atomic E-state index is 0.117. The second kappa shape index (κ2) is 7.49. The summed E-state index contributed by atoms with van der Waals surface area (Å²) in [7, 11) is 0. The van der Waals surface area contributed by atoms with Crippen LogP contribution in [0.3, 0.4) is 0 Å². The maximum Gasteiger partial charge on any atom is 0.308 e. The van der Waals surface area contributed by atoms with E-state index in [9.17, 15) is 14.7 Å². The lowest BCUT2D eigenvalue weighted by molar-refractivity contribution is -0.149. The summed E-state index contributed by atoms with van der Waals surface area (Å²) in [5, 5.41) is 9.25. The lowest BCUT2D eigenvalue weighted by Crippen LogP contribution is -2.50. The number of carbonyl (C=O) groups excluding carboxylic acids is 1. The number of carbonyl (C=O) groups is 2. The maximum atomic E-state index is 12.8. The highest BCUT2D eigenvalue weighted by Gasteiger charge is 2.34. The molecule has 0 spiro atoms. The topological polar surface area (TPSA) is 66.8 Å². The number of hydrogen-bond donors (Lipinski definition) is 1. The number of hydrogen-bond acceptors (Lipinski definition) is 3. The minimum Gasteiger partial charge on any atom is -0.481 e. The van der Waals surface area contributed by atoms with Crippen molar-refractivity contribution in [3.05, 3.63) is 29.8 Å². The molecule has 0 aromatic heterocycles. The molecule has 1 aliphatic rings. The number of para-hydroxylation sites is 1. The van der Waals surface area contributed by atoms with Crippen LogP contribution in [0.1, 0.15) is 32.3 Å². The first-order valence-corrected chi connectivity index (χ1v) is 8.16. The summed E-state index contributed by atoms with van der Waals surface area (Å²) in [6.45, 7) is 6.69. The summed E-state index contributed by atoms with van der Waals surface area (Å²) in [4.78, 5) is 25.7. The molecule has 1 aromatic carbocycles. The number of rotatable bonds is 5. The van der Waals surface area contributed by atoms with Crippen LogP contribution in [0.15, 0.2) is 24.3 Å². The van der Waals surface area contributed by atoms with Crippen LogP contribution < -0.4 is 4.74 Å². The first-order valence-electron chi connectivity index (χ1n) is 8.16. The second-order valence-corrected chi connectivity index (χ2v) is 6.40. The van der Waals surface area contributed by atoms with E-state index in [0.29, 0.717) is 25.1 Å². The Labute approximate surface area is 137 Å². The van der Waals surface area contributed by atoms with Crippen LogP contribution in [0.2, 0.25) is 0 Å². The predicted molar refractivity (Wildman–Crippen MR) is 87.4 cm³/mol. The highest BCUT2D eigenvalue weighted by Crippen LogP contribution is 2.24.